The molecule has 4 N–H and O–H groups in total. The maximum atomic E-state index is 12.1. The molecule has 0 aliphatic rings. The van der Waals surface area contributed by atoms with Crippen LogP contribution in [0, 0.1) is 0 Å². The number of nitrogens with one attached hydrogen (secondary N) is 2. The van der Waals surface area contributed by atoms with Crippen LogP contribution in [0.5, 0.6) is 0 Å². The first-order valence-electron chi connectivity index (χ1n) is 6.40. The highest BCUT2D eigenvalue weighted by molar-refractivity contribution is 7.90. The number of hydrogen-bond acceptors (Lipinski definition) is 7. The van der Waals surface area contributed by atoms with Crippen molar-refractivity contribution in [3.63, 3.8) is 0 Å². The Kier molecular flexibility index (Phi) is 5.21. The topological polar surface area (TPSA) is 114 Å². The summed E-state index contributed by atoms with van der Waals surface area (Å²) in [6.45, 7) is 7.54. The van der Waals surface area contributed by atoms with E-state index in [1.165, 1.54) is 0 Å². The van der Waals surface area contributed by atoms with Crippen molar-refractivity contribution in [3.05, 3.63) is 4.88 Å². The maximum absolute atomic E-state index is 12.1. The van der Waals surface area contributed by atoms with E-state index in [9.17, 15) is 13.2 Å². The number of rotatable bonds is 5. The predicted octanol–water partition coefficient (Wildman–Crippen LogP) is 1.10. The van der Waals surface area contributed by atoms with Crippen LogP contribution in [0.4, 0.5) is 10.9 Å². The van der Waals surface area contributed by atoms with E-state index in [4.69, 9.17) is 5.73 Å². The van der Waals surface area contributed by atoms with Crippen molar-refractivity contribution in [2.24, 2.45) is 0 Å². The Morgan fingerprint density at radius 2 is 2.00 bits per heavy atom. The van der Waals surface area contributed by atoms with Gasteiger partial charge in [0.1, 0.15) is 20.5 Å². The summed E-state index contributed by atoms with van der Waals surface area (Å²) >= 11 is 1.15. The monoisotopic (exact) mass is 334 g/mol. The van der Waals surface area contributed by atoms with Crippen LogP contribution in [0.2, 0.25) is 0 Å². The number of aromatic nitrogens is 1. The first kappa shape index (κ1) is 17.7. The normalized spacial score (nSPS) is 13.8. The molecule has 1 unspecified atom stereocenters. The van der Waals surface area contributed by atoms with Crippen LogP contribution in [-0.2, 0) is 9.84 Å². The summed E-state index contributed by atoms with van der Waals surface area (Å²) in [7, 11) is -3.15. The average molecular weight is 334 g/mol. The predicted molar refractivity (Wildman–Crippen MR) is 86.5 cm³/mol. The molecule has 0 aromatic carbocycles. The number of amides is 1. The third-order valence-electron chi connectivity index (χ3n) is 2.27. The SMILES string of the molecule is CC(CS(C)(=O)=O)NC(=O)c1sc(NC(C)(C)C)nc1N. The molecule has 9 heteroatoms. The molecule has 1 amide bonds. The molecular formula is C12H22N4O3S2. The summed E-state index contributed by atoms with van der Waals surface area (Å²) in [5, 5.41) is 6.31. The number of thiazole rings is 1. The standard InChI is InChI=1S/C12H22N4O3S2/c1-7(6-21(5,18)19)14-10(17)8-9(13)15-11(20-8)16-12(2,3)4/h7H,6,13H2,1-5H3,(H,14,17)(H,15,16). The summed E-state index contributed by atoms with van der Waals surface area (Å²) in [5.74, 6) is -0.399. The molecule has 7 nitrogen and oxygen atoms in total. The van der Waals surface area contributed by atoms with Gasteiger partial charge < -0.3 is 16.4 Å². The molecule has 0 radical (unpaired) electrons. The van der Waals surface area contributed by atoms with Crippen LogP contribution >= 0.6 is 11.3 Å². The molecule has 0 spiro atoms. The smallest absolute Gasteiger partial charge is 0.265 e. The van der Waals surface area contributed by atoms with E-state index in [-0.39, 0.29) is 22.0 Å². The van der Waals surface area contributed by atoms with Crippen molar-refractivity contribution in [1.82, 2.24) is 10.3 Å². The van der Waals surface area contributed by atoms with Gasteiger partial charge in [0, 0.05) is 17.8 Å². The quantitative estimate of drug-likeness (QED) is 0.743. The second-order valence-corrected chi connectivity index (χ2v) is 9.26. The fraction of sp³-hybridized carbons (Fsp3) is 0.667. The average Bonchev–Trinajstić information content (AvgIpc) is 2.53. The molecular weight excluding hydrogens is 312 g/mol. The zero-order chi connectivity index (χ0) is 16.4. The van der Waals surface area contributed by atoms with E-state index in [1.54, 1.807) is 6.92 Å². The van der Waals surface area contributed by atoms with Gasteiger partial charge in [0.25, 0.3) is 5.91 Å². The first-order valence-corrected chi connectivity index (χ1v) is 9.28. The number of carbonyl (C=O) groups excluding carboxylic acids is 1. The van der Waals surface area contributed by atoms with E-state index in [0.29, 0.717) is 5.13 Å². The van der Waals surface area contributed by atoms with E-state index >= 15 is 0 Å². The van der Waals surface area contributed by atoms with Crippen LogP contribution in [0.3, 0.4) is 0 Å². The van der Waals surface area contributed by atoms with Crippen molar-refractivity contribution in [2.75, 3.05) is 23.1 Å². The van der Waals surface area contributed by atoms with Crippen molar-refractivity contribution in [3.8, 4) is 0 Å². The molecule has 0 saturated heterocycles. The Bertz CT molecular complexity index is 617. The van der Waals surface area contributed by atoms with Crippen LogP contribution < -0.4 is 16.4 Å². The van der Waals surface area contributed by atoms with Gasteiger partial charge in [-0.15, -0.1) is 0 Å². The van der Waals surface area contributed by atoms with Crippen LogP contribution in [0.1, 0.15) is 37.4 Å². The highest BCUT2D eigenvalue weighted by Gasteiger charge is 2.21. The molecule has 1 heterocycles. The van der Waals surface area contributed by atoms with Crippen LogP contribution in [0.25, 0.3) is 0 Å². The summed E-state index contributed by atoms with van der Waals surface area (Å²) in [5.41, 5.74) is 5.55. The van der Waals surface area contributed by atoms with E-state index < -0.39 is 21.8 Å². The number of sulfone groups is 1. The molecule has 0 aliphatic carbocycles. The van der Waals surface area contributed by atoms with Gasteiger partial charge in [-0.1, -0.05) is 11.3 Å². The zero-order valence-corrected chi connectivity index (χ0v) is 14.5. The minimum atomic E-state index is -3.15. The van der Waals surface area contributed by atoms with E-state index in [1.807, 2.05) is 20.8 Å². The fourth-order valence-electron chi connectivity index (χ4n) is 1.65. The largest absolute Gasteiger partial charge is 0.382 e. The van der Waals surface area contributed by atoms with Crippen molar-refractivity contribution in [1.29, 1.82) is 0 Å². The number of hydrogen-bond donors (Lipinski definition) is 3. The van der Waals surface area contributed by atoms with Crippen LogP contribution in [0.15, 0.2) is 0 Å². The summed E-state index contributed by atoms with van der Waals surface area (Å²) < 4.78 is 22.4. The van der Waals surface area contributed by atoms with Gasteiger partial charge in [-0.2, -0.15) is 0 Å². The highest BCUT2D eigenvalue weighted by atomic mass is 32.2. The summed E-state index contributed by atoms with van der Waals surface area (Å²) in [6, 6.07) is -0.493. The van der Waals surface area contributed by atoms with E-state index in [2.05, 4.69) is 15.6 Å². The van der Waals surface area contributed by atoms with Gasteiger partial charge in [0.05, 0.1) is 5.75 Å². The third kappa shape index (κ3) is 6.30. The lowest BCUT2D eigenvalue weighted by Gasteiger charge is -2.19. The Balaban J connectivity index is 2.79. The Morgan fingerprint density at radius 3 is 2.48 bits per heavy atom. The van der Waals surface area contributed by atoms with Crippen LogP contribution in [-0.4, -0.2) is 42.9 Å². The number of nitrogens with two attached hydrogens (primary N) is 1. The minimum Gasteiger partial charge on any atom is -0.382 e. The van der Waals surface area contributed by atoms with Gasteiger partial charge in [0.2, 0.25) is 0 Å². The molecule has 0 aliphatic heterocycles. The Labute approximate surface area is 129 Å². The molecule has 120 valence electrons. The number of nitrogens with zero attached hydrogens (tertiary/aromatic N) is 1. The van der Waals surface area contributed by atoms with Crippen molar-refractivity contribution < 1.29 is 13.2 Å². The number of carbonyl (C=O) groups is 1. The number of anilines is 2. The van der Waals surface area contributed by atoms with Gasteiger partial charge in [-0.3, -0.25) is 4.79 Å². The maximum Gasteiger partial charge on any atom is 0.265 e. The molecule has 0 bridgehead atoms. The third-order valence-corrected chi connectivity index (χ3v) is 4.36. The summed E-state index contributed by atoms with van der Waals surface area (Å²) in [4.78, 5) is 16.5. The Morgan fingerprint density at radius 1 is 1.43 bits per heavy atom. The highest BCUT2D eigenvalue weighted by Crippen LogP contribution is 2.27. The molecule has 1 aromatic rings. The molecule has 0 saturated carbocycles. The van der Waals surface area contributed by atoms with Crippen molar-refractivity contribution >= 4 is 38.0 Å². The molecule has 1 rings (SSSR count). The molecule has 1 atom stereocenters. The lowest BCUT2D eigenvalue weighted by atomic mass is 10.1. The second-order valence-electron chi connectivity index (χ2n) is 6.08. The zero-order valence-electron chi connectivity index (χ0n) is 12.9. The lowest BCUT2D eigenvalue weighted by molar-refractivity contribution is 0.0948. The van der Waals surface area contributed by atoms with Gasteiger partial charge >= 0.3 is 0 Å². The molecule has 0 fully saturated rings. The molecule has 1 aromatic heterocycles. The second kappa shape index (κ2) is 6.18. The van der Waals surface area contributed by atoms with Gasteiger partial charge in [0.15, 0.2) is 5.13 Å². The fourth-order valence-corrected chi connectivity index (χ4v) is 3.64. The number of nitrogen functional groups attached to an aromatic ring is 1. The minimum absolute atomic E-state index is 0.120. The van der Waals surface area contributed by atoms with Gasteiger partial charge in [-0.25, -0.2) is 13.4 Å². The Hall–Kier alpha value is -1.35. The first-order chi connectivity index (χ1) is 9.37. The van der Waals surface area contributed by atoms with Gasteiger partial charge in [-0.05, 0) is 27.7 Å². The lowest BCUT2D eigenvalue weighted by Crippen LogP contribution is -2.37. The summed E-state index contributed by atoms with van der Waals surface area (Å²) in [6.07, 6.45) is 1.13. The van der Waals surface area contributed by atoms with Crippen molar-refractivity contribution in [2.45, 2.75) is 39.3 Å². The van der Waals surface area contributed by atoms with E-state index in [0.717, 1.165) is 17.6 Å². The molecule has 21 heavy (non-hydrogen) atoms.